The van der Waals surface area contributed by atoms with Crippen molar-refractivity contribution in [3.8, 4) is 0 Å². The molecule has 0 fully saturated rings. The van der Waals surface area contributed by atoms with Crippen molar-refractivity contribution in [1.29, 1.82) is 0 Å². The fourth-order valence-corrected chi connectivity index (χ4v) is 2.94. The van der Waals surface area contributed by atoms with E-state index in [1.807, 2.05) is 0 Å². The van der Waals surface area contributed by atoms with Crippen molar-refractivity contribution in [1.82, 2.24) is 0 Å². The summed E-state index contributed by atoms with van der Waals surface area (Å²) in [4.78, 5) is 0. The van der Waals surface area contributed by atoms with Gasteiger partial charge >= 0.3 is 8.03 Å². The summed E-state index contributed by atoms with van der Waals surface area (Å²) in [6.45, 7) is 9.29. The summed E-state index contributed by atoms with van der Waals surface area (Å²) < 4.78 is 17.1. The van der Waals surface area contributed by atoms with Gasteiger partial charge in [-0.05, 0) is 23.3 Å². The Balaban J connectivity index is 3.73. The van der Waals surface area contributed by atoms with Crippen molar-refractivity contribution in [3.05, 3.63) is 0 Å². The molecule has 0 aromatic heterocycles. The second kappa shape index (κ2) is 9.30. The summed E-state index contributed by atoms with van der Waals surface area (Å²) in [6, 6.07) is 0. The summed E-state index contributed by atoms with van der Waals surface area (Å²) >= 11 is 0. The summed E-state index contributed by atoms with van der Waals surface area (Å²) in [5.74, 6) is 1.14. The molecular weight excluding hydrogens is 207 g/mol. The minimum absolute atomic E-state index is 0.565. The molecule has 0 heterocycles. The SMILES string of the molecule is CCC(CC)CO[P+](=O)CC(CC)CC. The Kier molecular flexibility index (Phi) is 9.33. The molecule has 0 bridgehead atoms. The molecule has 0 aliphatic carbocycles. The van der Waals surface area contributed by atoms with Gasteiger partial charge in [-0.15, -0.1) is 4.52 Å². The first-order valence-electron chi connectivity index (χ1n) is 6.25. The Morgan fingerprint density at radius 3 is 1.80 bits per heavy atom. The molecule has 0 aromatic rings. The average Bonchev–Trinajstić information content (AvgIpc) is 2.27. The van der Waals surface area contributed by atoms with Crippen molar-refractivity contribution in [3.63, 3.8) is 0 Å². The average molecular weight is 233 g/mol. The van der Waals surface area contributed by atoms with E-state index in [1.165, 1.54) is 0 Å². The van der Waals surface area contributed by atoms with Gasteiger partial charge in [-0.3, -0.25) is 0 Å². The van der Waals surface area contributed by atoms with Crippen molar-refractivity contribution in [2.45, 2.75) is 53.4 Å². The Bertz CT molecular complexity index is 163. The van der Waals surface area contributed by atoms with E-state index in [2.05, 4.69) is 27.7 Å². The molecule has 0 N–H and O–H groups in total. The van der Waals surface area contributed by atoms with Gasteiger partial charge in [0.05, 0.1) is 0 Å². The normalized spacial score (nSPS) is 12.5. The van der Waals surface area contributed by atoms with Crippen LogP contribution in [-0.2, 0) is 9.09 Å². The third-order valence-electron chi connectivity index (χ3n) is 3.17. The van der Waals surface area contributed by atoms with Crippen LogP contribution in [0.3, 0.4) is 0 Å². The van der Waals surface area contributed by atoms with Crippen molar-refractivity contribution in [2.24, 2.45) is 11.8 Å². The first kappa shape index (κ1) is 15.1. The molecule has 0 aliphatic heterocycles. The number of rotatable bonds is 9. The van der Waals surface area contributed by atoms with Crippen LogP contribution in [0.5, 0.6) is 0 Å². The van der Waals surface area contributed by atoms with Gasteiger partial charge in [0.15, 0.2) is 6.16 Å². The molecule has 3 heteroatoms. The fraction of sp³-hybridized carbons (Fsp3) is 1.00. The Labute approximate surface area is 95.7 Å². The molecule has 0 aromatic carbocycles. The lowest BCUT2D eigenvalue weighted by Crippen LogP contribution is -2.06. The number of hydrogen-bond donors (Lipinski definition) is 0. The highest BCUT2D eigenvalue weighted by Gasteiger charge is 2.23. The summed E-state index contributed by atoms with van der Waals surface area (Å²) in [5, 5.41) is 0. The molecule has 0 saturated carbocycles. The monoisotopic (exact) mass is 233 g/mol. The van der Waals surface area contributed by atoms with Crippen LogP contribution in [0.1, 0.15) is 53.4 Å². The molecule has 1 unspecified atom stereocenters. The van der Waals surface area contributed by atoms with Gasteiger partial charge in [-0.25, -0.2) is 0 Å². The zero-order valence-electron chi connectivity index (χ0n) is 10.7. The van der Waals surface area contributed by atoms with Crippen LogP contribution >= 0.6 is 8.03 Å². The van der Waals surface area contributed by atoms with Crippen molar-refractivity contribution in [2.75, 3.05) is 12.8 Å². The van der Waals surface area contributed by atoms with Crippen LogP contribution in [0.4, 0.5) is 0 Å². The van der Waals surface area contributed by atoms with E-state index in [9.17, 15) is 4.57 Å². The molecule has 0 aliphatic rings. The molecule has 15 heavy (non-hydrogen) atoms. The van der Waals surface area contributed by atoms with Crippen molar-refractivity contribution < 1.29 is 9.09 Å². The van der Waals surface area contributed by atoms with Gasteiger partial charge in [-0.2, -0.15) is 0 Å². The maximum atomic E-state index is 11.6. The first-order valence-corrected chi connectivity index (χ1v) is 7.61. The minimum atomic E-state index is -1.43. The summed E-state index contributed by atoms with van der Waals surface area (Å²) in [5.41, 5.74) is 0. The van der Waals surface area contributed by atoms with Gasteiger partial charge in [-0.1, -0.05) is 40.5 Å². The molecule has 0 amide bonds. The zero-order valence-corrected chi connectivity index (χ0v) is 11.6. The molecule has 0 saturated heterocycles. The zero-order chi connectivity index (χ0) is 11.7. The molecule has 0 radical (unpaired) electrons. The lowest BCUT2D eigenvalue weighted by molar-refractivity contribution is 0.249. The van der Waals surface area contributed by atoms with Crippen LogP contribution < -0.4 is 0 Å². The van der Waals surface area contributed by atoms with Crippen LogP contribution in [0.15, 0.2) is 0 Å². The molecule has 90 valence electrons. The third kappa shape index (κ3) is 7.03. The molecular formula is C12H26O2P+. The predicted molar refractivity (Wildman–Crippen MR) is 66.6 cm³/mol. The summed E-state index contributed by atoms with van der Waals surface area (Å²) in [6.07, 6.45) is 5.18. The van der Waals surface area contributed by atoms with Crippen LogP contribution in [0.25, 0.3) is 0 Å². The Morgan fingerprint density at radius 2 is 1.40 bits per heavy atom. The topological polar surface area (TPSA) is 26.3 Å². The largest absolute Gasteiger partial charge is 0.508 e. The molecule has 2 nitrogen and oxygen atoms in total. The van der Waals surface area contributed by atoms with Crippen LogP contribution in [-0.4, -0.2) is 12.8 Å². The summed E-state index contributed by atoms with van der Waals surface area (Å²) in [7, 11) is -1.43. The quantitative estimate of drug-likeness (QED) is 0.543. The molecule has 1 atom stereocenters. The van der Waals surface area contributed by atoms with E-state index in [0.717, 1.165) is 31.8 Å². The first-order chi connectivity index (χ1) is 7.17. The molecule has 0 rings (SSSR count). The lowest BCUT2D eigenvalue weighted by Gasteiger charge is -2.08. The van der Waals surface area contributed by atoms with E-state index in [4.69, 9.17) is 4.52 Å². The third-order valence-corrected chi connectivity index (χ3v) is 4.42. The fourth-order valence-electron chi connectivity index (χ4n) is 1.52. The minimum Gasteiger partial charge on any atom is -0.146 e. The number of hydrogen-bond acceptors (Lipinski definition) is 2. The van der Waals surface area contributed by atoms with Gasteiger partial charge in [0, 0.05) is 5.92 Å². The van der Waals surface area contributed by atoms with Gasteiger partial charge < -0.3 is 0 Å². The highest BCUT2D eigenvalue weighted by molar-refractivity contribution is 7.39. The maximum Gasteiger partial charge on any atom is 0.508 e. The Morgan fingerprint density at radius 1 is 0.933 bits per heavy atom. The van der Waals surface area contributed by atoms with Crippen LogP contribution in [0.2, 0.25) is 0 Å². The van der Waals surface area contributed by atoms with E-state index in [0.29, 0.717) is 18.4 Å². The highest BCUT2D eigenvalue weighted by atomic mass is 31.1. The van der Waals surface area contributed by atoms with Gasteiger partial charge in [0.25, 0.3) is 0 Å². The second-order valence-electron chi connectivity index (χ2n) is 4.18. The smallest absolute Gasteiger partial charge is 0.146 e. The van der Waals surface area contributed by atoms with E-state index in [-0.39, 0.29) is 0 Å². The van der Waals surface area contributed by atoms with Crippen LogP contribution in [0, 0.1) is 11.8 Å². The highest BCUT2D eigenvalue weighted by Crippen LogP contribution is 2.29. The van der Waals surface area contributed by atoms with Crippen molar-refractivity contribution >= 4 is 8.03 Å². The Hall–Kier alpha value is 0.0600. The molecule has 0 spiro atoms. The lowest BCUT2D eigenvalue weighted by atomic mass is 10.1. The predicted octanol–water partition coefficient (Wildman–Crippen LogP) is 4.62. The second-order valence-corrected chi connectivity index (χ2v) is 5.46. The maximum absolute atomic E-state index is 11.6. The van der Waals surface area contributed by atoms with E-state index in [1.54, 1.807) is 0 Å². The van der Waals surface area contributed by atoms with E-state index >= 15 is 0 Å². The van der Waals surface area contributed by atoms with Gasteiger partial charge in [0.1, 0.15) is 6.61 Å². The van der Waals surface area contributed by atoms with E-state index < -0.39 is 8.03 Å². The van der Waals surface area contributed by atoms with Gasteiger partial charge in [0.2, 0.25) is 0 Å². The standard InChI is InChI=1S/C12H26O2P/c1-5-11(6-2)9-14-15(13)10-12(7-3)8-4/h11-12H,5-10H2,1-4H3/q+1.